The Morgan fingerprint density at radius 3 is 1.08 bits per heavy atom. The van der Waals surface area contributed by atoms with Gasteiger partial charge in [0, 0.05) is 179 Å². The number of rotatable bonds is 23. The lowest BCUT2D eigenvalue weighted by atomic mass is 9.97. The van der Waals surface area contributed by atoms with Crippen molar-refractivity contribution in [3.8, 4) is 106 Å². The Hall–Kier alpha value is -12.9. The Bertz CT molecular complexity index is 7050. The predicted octanol–water partition coefficient (Wildman–Crippen LogP) is 26.5. The standard InChI is InChI=1S/C21H19ClN4S.C20H13ClN4OS.C20H16ClN3O2S.C20H16ClN3OS.C19H14ClN3S/c1-26(2)19(15-3-5-16(22)6-4-15)17-13-18(14-7-9-23-10-8-14)27-20(17)21-24-11-12-25-21;1-22-17-10-13(6-7-23-17)16-11-15(19(27-16)20-24-8-9-25-20)18(26)12-2-4-14(21)5-3-12;21-14-3-1-12(2-4-14)18(26)16-10-17(13-5-6-22-15(9-13)11-25)27-19(16)20-23-7-8-24-20;1-25-18(14-2-4-15(21)5-3-14)16-12-17(13-6-8-22-9-7-13)26-19(16)20-23-10-11-24-20;20-16-3-1-13(2-4-16)11-15-12-17(14-5-7-21-8-6-14)24-18(15)19-22-9-10-23-19/h3-13,19H,1-2H3,(H,24,25);2-11,18,26H,(H,24,25);1-10,18,25-26H,11H2,(H,23,24);2-12,18H,1H3,(H,23,24);1-10,12H,11H2,(H,22,23)/t;18-;;;/m.1.../s1. The molecular weight excluding hydrogens is 1840 g/mol. The van der Waals surface area contributed by atoms with Gasteiger partial charge >= 0.3 is 0 Å². The number of benzene rings is 5. The number of aromatic nitrogens is 15. The van der Waals surface area contributed by atoms with Crippen LogP contribution in [0.15, 0.2) is 324 Å². The van der Waals surface area contributed by atoms with Gasteiger partial charge in [-0.2, -0.15) is 0 Å². The van der Waals surface area contributed by atoms with Gasteiger partial charge in [-0.05, 0) is 239 Å². The molecule has 21 nitrogen and oxygen atoms in total. The average Bonchev–Trinajstić information content (AvgIpc) is 1.67. The van der Waals surface area contributed by atoms with Crippen molar-refractivity contribution >= 4 is 121 Å². The van der Waals surface area contributed by atoms with Crippen LogP contribution in [0.25, 0.3) is 111 Å². The van der Waals surface area contributed by atoms with Crippen molar-refractivity contribution in [1.82, 2.24) is 79.7 Å². The SMILES string of the molecule is CN(C)C(c1ccc(Cl)cc1)c1cc(-c2ccncc2)sc1-c1ncc[nH]1.COC(c1ccc(Cl)cc1)c1cc(-c2ccncc2)sc1-c1ncc[nH]1.Clc1ccc(Cc2cc(-c3ccncc3)sc2-c2ncc[nH]2)cc1.OCc1cc(-c2cc(C(O)c3ccc(Cl)cc3)c(-c3ncc[nH]3)s2)ccn1.[C-]#[N+]c1cc(-c2cc([C@H](O)c3ccc(Cl)cc3)c(-c3ncc[nH]3)s2)ccn1. The van der Waals surface area contributed by atoms with E-state index in [1.807, 2.05) is 171 Å². The van der Waals surface area contributed by atoms with Crippen molar-refractivity contribution in [2.45, 2.75) is 37.4 Å². The van der Waals surface area contributed by atoms with Crippen molar-refractivity contribution < 1.29 is 20.1 Å². The normalized spacial score (nSPS) is 12.0. The van der Waals surface area contributed by atoms with Crippen LogP contribution in [0.3, 0.4) is 0 Å². The number of pyridine rings is 5. The highest BCUT2D eigenvalue weighted by Crippen LogP contribution is 2.48. The van der Waals surface area contributed by atoms with E-state index in [0.717, 1.165) is 124 Å². The summed E-state index contributed by atoms with van der Waals surface area (Å²) in [5, 5.41) is 34.8. The van der Waals surface area contributed by atoms with Gasteiger partial charge in [0.2, 0.25) is 0 Å². The summed E-state index contributed by atoms with van der Waals surface area (Å²) in [4.78, 5) is 74.6. The molecule has 20 rings (SSSR count). The van der Waals surface area contributed by atoms with E-state index in [9.17, 15) is 15.3 Å². The molecule has 20 aromatic rings. The summed E-state index contributed by atoms with van der Waals surface area (Å²) in [5.41, 5.74) is 15.9. The molecule has 0 amide bonds. The largest absolute Gasteiger partial charge is 0.390 e. The number of nitrogens with zero attached hydrogens (tertiary/aromatic N) is 12. The minimum atomic E-state index is -0.825. The molecule has 131 heavy (non-hydrogen) atoms. The topological polar surface area (TPSA) is 285 Å². The minimum absolute atomic E-state index is 0.0919. The number of imidazole rings is 5. The molecule has 0 saturated heterocycles. The van der Waals surface area contributed by atoms with E-state index in [-0.39, 0.29) is 18.8 Å². The van der Waals surface area contributed by atoms with E-state index >= 15 is 0 Å². The number of aliphatic hydroxyl groups excluding tert-OH is 3. The van der Waals surface area contributed by atoms with Crippen molar-refractivity contribution in [3.63, 3.8) is 0 Å². The van der Waals surface area contributed by atoms with Gasteiger partial charge in [0.05, 0.1) is 42.7 Å². The molecule has 5 aromatic carbocycles. The van der Waals surface area contributed by atoms with Gasteiger partial charge in [0.15, 0.2) is 0 Å². The first-order valence-corrected chi connectivity index (χ1v) is 46.6. The zero-order valence-corrected chi connectivity index (χ0v) is 77.7. The molecule has 15 heterocycles. The van der Waals surface area contributed by atoms with Crippen LogP contribution in [0.1, 0.15) is 85.7 Å². The number of hydrogen-bond donors (Lipinski definition) is 8. The van der Waals surface area contributed by atoms with Crippen molar-refractivity contribution in [2.75, 3.05) is 21.2 Å². The van der Waals surface area contributed by atoms with E-state index in [2.05, 4.69) is 141 Å². The molecule has 0 radical (unpaired) electrons. The van der Waals surface area contributed by atoms with Crippen molar-refractivity contribution in [1.29, 1.82) is 0 Å². The summed E-state index contributed by atoms with van der Waals surface area (Å²) in [6, 6.07) is 68.2. The van der Waals surface area contributed by atoms with Crippen molar-refractivity contribution in [3.05, 3.63) is 422 Å². The number of aromatic amines is 5. The second kappa shape index (κ2) is 43.7. The Balaban J connectivity index is 0.000000120. The first kappa shape index (κ1) is 91.5. The average molecular weight is 1920 g/mol. The number of thiophene rings is 5. The summed E-state index contributed by atoms with van der Waals surface area (Å²) < 4.78 is 5.86. The first-order chi connectivity index (χ1) is 64.0. The zero-order valence-electron chi connectivity index (χ0n) is 69.9. The number of halogens is 5. The van der Waals surface area contributed by atoms with Gasteiger partial charge in [0.25, 0.3) is 5.82 Å². The molecule has 0 aliphatic heterocycles. The lowest BCUT2D eigenvalue weighted by Gasteiger charge is -2.25. The molecule has 15 aromatic heterocycles. The molecule has 0 aliphatic carbocycles. The number of hydrogen-bond acceptors (Lipinski definition) is 20. The molecule has 0 aliphatic rings. The number of ether oxygens (including phenoxy) is 1. The molecular formula is C100H78Cl5N17O4S5. The lowest BCUT2D eigenvalue weighted by Crippen LogP contribution is -2.21. The molecule has 0 fully saturated rings. The summed E-state index contributed by atoms with van der Waals surface area (Å²) in [6.45, 7) is 7.04. The van der Waals surface area contributed by atoms with Crippen LogP contribution in [0.4, 0.5) is 5.82 Å². The molecule has 0 bridgehead atoms. The first-order valence-electron chi connectivity index (χ1n) is 40.6. The summed E-state index contributed by atoms with van der Waals surface area (Å²) >= 11 is 38.3. The third kappa shape index (κ3) is 22.6. The van der Waals surface area contributed by atoms with Gasteiger partial charge in [-0.15, -0.1) is 61.7 Å². The van der Waals surface area contributed by atoms with E-state index < -0.39 is 12.2 Å². The third-order valence-electron chi connectivity index (χ3n) is 20.7. The molecule has 8 N–H and O–H groups in total. The van der Waals surface area contributed by atoms with Gasteiger partial charge in [-0.1, -0.05) is 125 Å². The Kier molecular flexibility index (Phi) is 30.5. The second-order valence-electron chi connectivity index (χ2n) is 29.4. The fourth-order valence-corrected chi connectivity index (χ4v) is 20.8. The van der Waals surface area contributed by atoms with Crippen LogP contribution < -0.4 is 0 Å². The number of methoxy groups -OCH3 is 1. The molecule has 31 heteroatoms. The van der Waals surface area contributed by atoms with Crippen LogP contribution in [-0.2, 0) is 17.8 Å². The van der Waals surface area contributed by atoms with Gasteiger partial charge in [0.1, 0.15) is 53.6 Å². The molecule has 0 spiro atoms. The highest BCUT2D eigenvalue weighted by Gasteiger charge is 2.29. The Morgan fingerprint density at radius 2 is 0.687 bits per heavy atom. The van der Waals surface area contributed by atoms with Crippen LogP contribution >= 0.6 is 115 Å². The highest BCUT2D eigenvalue weighted by atomic mass is 35.5. The molecule has 0 saturated carbocycles. The van der Waals surface area contributed by atoms with Crippen LogP contribution in [-0.4, -0.2) is 116 Å². The summed E-state index contributed by atoms with van der Waals surface area (Å²) in [6.07, 6.45) is 30.9. The van der Waals surface area contributed by atoms with Crippen LogP contribution in [0.2, 0.25) is 25.1 Å². The maximum atomic E-state index is 11.0. The van der Waals surface area contributed by atoms with Crippen LogP contribution in [0, 0.1) is 6.57 Å². The van der Waals surface area contributed by atoms with E-state index in [0.29, 0.717) is 38.2 Å². The zero-order chi connectivity index (χ0) is 90.7. The smallest absolute Gasteiger partial charge is 0.270 e. The van der Waals surface area contributed by atoms with Gasteiger partial charge in [-0.25, -0.2) is 24.9 Å². The highest BCUT2D eigenvalue weighted by molar-refractivity contribution is 7.20. The quantitative estimate of drug-likeness (QED) is 0.0276. The summed E-state index contributed by atoms with van der Waals surface area (Å²) in [7, 11) is 5.90. The van der Waals surface area contributed by atoms with Crippen LogP contribution in [0.5, 0.6) is 0 Å². The number of nitrogens with one attached hydrogen (secondary N) is 5. The maximum absolute atomic E-state index is 11.0. The van der Waals surface area contributed by atoms with Gasteiger partial charge < -0.3 is 49.8 Å². The maximum Gasteiger partial charge on any atom is 0.270 e. The van der Waals surface area contributed by atoms with Gasteiger partial charge in [-0.3, -0.25) is 24.8 Å². The summed E-state index contributed by atoms with van der Waals surface area (Å²) in [5.74, 6) is 4.35. The molecule has 3 unspecified atom stereocenters. The third-order valence-corrected chi connectivity index (χ3v) is 28.0. The number of aliphatic hydroxyl groups is 3. The fraction of sp³-hybridized carbons (Fsp3) is 0.0900. The lowest BCUT2D eigenvalue weighted by molar-refractivity contribution is 0.137. The fourth-order valence-electron chi connectivity index (χ4n) is 14.4. The van der Waals surface area contributed by atoms with E-state index in [1.165, 1.54) is 65.1 Å². The van der Waals surface area contributed by atoms with E-state index in [4.69, 9.17) is 69.3 Å². The monoisotopic (exact) mass is 1920 g/mol. The van der Waals surface area contributed by atoms with E-state index in [1.54, 1.807) is 152 Å². The van der Waals surface area contributed by atoms with Crippen molar-refractivity contribution in [2.24, 2.45) is 0 Å². The Labute approximate surface area is 799 Å². The Morgan fingerprint density at radius 1 is 0.359 bits per heavy atom. The number of H-pyrrole nitrogens is 5. The molecule has 652 valence electrons. The second-order valence-corrected chi connectivity index (χ2v) is 36.9. The molecule has 4 atom stereocenters. The predicted molar refractivity (Wildman–Crippen MR) is 530 cm³/mol. The minimum Gasteiger partial charge on any atom is -0.390 e.